The molecule has 6 nitrogen and oxygen atoms in total. The second-order valence-corrected chi connectivity index (χ2v) is 4.64. The van der Waals surface area contributed by atoms with Crippen LogP contribution in [0.3, 0.4) is 0 Å². The summed E-state index contributed by atoms with van der Waals surface area (Å²) in [4.78, 5) is 6.71. The lowest BCUT2D eigenvalue weighted by atomic mass is 9.99. The Hall–Kier alpha value is -1.69. The van der Waals surface area contributed by atoms with Gasteiger partial charge in [0.15, 0.2) is 5.82 Å². The van der Waals surface area contributed by atoms with Gasteiger partial charge in [-0.1, -0.05) is 0 Å². The molecule has 0 spiro atoms. The van der Waals surface area contributed by atoms with Crippen LogP contribution in [-0.4, -0.2) is 38.2 Å². The van der Waals surface area contributed by atoms with Gasteiger partial charge in [-0.3, -0.25) is 4.40 Å². The second kappa shape index (κ2) is 3.96. The van der Waals surface area contributed by atoms with Gasteiger partial charge in [0.05, 0.1) is 0 Å². The van der Waals surface area contributed by atoms with Crippen LogP contribution in [0.15, 0.2) is 18.7 Å². The fraction of sp³-hybridized carbons (Fsp3) is 0.545. The molecule has 2 aromatic heterocycles. The Bertz CT molecular complexity index is 521. The van der Waals surface area contributed by atoms with Crippen LogP contribution in [0.1, 0.15) is 19.8 Å². The molecular weight excluding hydrogens is 216 g/mol. The maximum absolute atomic E-state index is 5.98. The fourth-order valence-electron chi connectivity index (χ4n) is 2.47. The Morgan fingerprint density at radius 2 is 2.35 bits per heavy atom. The van der Waals surface area contributed by atoms with E-state index in [-0.39, 0.29) is 0 Å². The lowest BCUT2D eigenvalue weighted by Crippen LogP contribution is -2.46. The molecule has 2 unspecified atom stereocenters. The first-order chi connectivity index (χ1) is 8.25. The van der Waals surface area contributed by atoms with Crippen LogP contribution in [0.25, 0.3) is 5.65 Å². The minimum Gasteiger partial charge on any atom is -0.351 e. The van der Waals surface area contributed by atoms with Gasteiger partial charge in [0.25, 0.3) is 0 Å². The highest BCUT2D eigenvalue weighted by molar-refractivity contribution is 5.63. The summed E-state index contributed by atoms with van der Waals surface area (Å²) < 4.78 is 1.89. The molecule has 90 valence electrons. The normalized spacial score (nSPS) is 25.4. The first kappa shape index (κ1) is 10.5. The molecule has 2 aromatic rings. The lowest BCUT2D eigenvalue weighted by molar-refractivity contribution is 0.427. The molecule has 0 aliphatic carbocycles. The molecule has 2 atom stereocenters. The third-order valence-corrected chi connectivity index (χ3v) is 3.39. The number of nitrogens with two attached hydrogens (primary N) is 1. The van der Waals surface area contributed by atoms with Gasteiger partial charge in [-0.05, 0) is 19.8 Å². The molecule has 0 bridgehead atoms. The van der Waals surface area contributed by atoms with E-state index in [0.29, 0.717) is 12.1 Å². The summed E-state index contributed by atoms with van der Waals surface area (Å²) in [6.45, 7) is 3.11. The molecule has 1 saturated heterocycles. The van der Waals surface area contributed by atoms with Crippen LogP contribution < -0.4 is 10.6 Å². The highest BCUT2D eigenvalue weighted by Gasteiger charge is 2.26. The number of hydrogen-bond acceptors (Lipinski definition) is 5. The van der Waals surface area contributed by atoms with Crippen LogP contribution in [-0.2, 0) is 0 Å². The van der Waals surface area contributed by atoms with E-state index in [9.17, 15) is 0 Å². The smallest absolute Gasteiger partial charge is 0.203 e. The summed E-state index contributed by atoms with van der Waals surface area (Å²) in [5.74, 6) is 0.907. The molecule has 0 saturated carbocycles. The van der Waals surface area contributed by atoms with Crippen molar-refractivity contribution in [3.8, 4) is 0 Å². The minimum absolute atomic E-state index is 0.304. The Morgan fingerprint density at radius 3 is 3.18 bits per heavy atom. The van der Waals surface area contributed by atoms with E-state index in [1.807, 2.05) is 10.6 Å². The number of nitrogens with zero attached hydrogens (tertiary/aromatic N) is 5. The topological polar surface area (TPSA) is 72.3 Å². The van der Waals surface area contributed by atoms with E-state index >= 15 is 0 Å². The van der Waals surface area contributed by atoms with E-state index in [2.05, 4.69) is 27.0 Å². The van der Waals surface area contributed by atoms with Gasteiger partial charge in [-0.2, -0.15) is 0 Å². The SMILES string of the molecule is CC1CC(N)CCN1c1nccn2cnnc12. The molecule has 1 aliphatic heterocycles. The van der Waals surface area contributed by atoms with E-state index < -0.39 is 0 Å². The van der Waals surface area contributed by atoms with Crippen molar-refractivity contribution in [3.63, 3.8) is 0 Å². The van der Waals surface area contributed by atoms with Crippen molar-refractivity contribution in [3.05, 3.63) is 18.7 Å². The predicted molar refractivity (Wildman–Crippen MR) is 64.8 cm³/mol. The van der Waals surface area contributed by atoms with Gasteiger partial charge in [-0.15, -0.1) is 10.2 Å². The van der Waals surface area contributed by atoms with Gasteiger partial charge >= 0.3 is 0 Å². The maximum atomic E-state index is 5.98. The summed E-state index contributed by atoms with van der Waals surface area (Å²) in [6, 6.07) is 0.702. The van der Waals surface area contributed by atoms with Crippen molar-refractivity contribution < 1.29 is 0 Å². The summed E-state index contributed by atoms with van der Waals surface area (Å²) in [5, 5.41) is 8.04. The van der Waals surface area contributed by atoms with Crippen LogP contribution in [0.2, 0.25) is 0 Å². The standard InChI is InChI=1S/C11H16N6/c1-8-6-9(12)2-4-17(8)10-11-15-14-7-16(11)5-3-13-10/h3,5,7-9H,2,4,6,12H2,1H3. The van der Waals surface area contributed by atoms with Crippen LogP contribution in [0, 0.1) is 0 Å². The van der Waals surface area contributed by atoms with Gasteiger partial charge in [0.2, 0.25) is 5.65 Å². The van der Waals surface area contributed by atoms with Crippen LogP contribution >= 0.6 is 0 Å². The van der Waals surface area contributed by atoms with Crippen molar-refractivity contribution in [2.24, 2.45) is 5.73 Å². The number of anilines is 1. The maximum Gasteiger partial charge on any atom is 0.203 e. The summed E-state index contributed by atoms with van der Waals surface area (Å²) in [7, 11) is 0. The summed E-state index contributed by atoms with van der Waals surface area (Å²) >= 11 is 0. The summed E-state index contributed by atoms with van der Waals surface area (Å²) in [6.07, 6.45) is 7.34. The van der Waals surface area contributed by atoms with Crippen molar-refractivity contribution in [2.75, 3.05) is 11.4 Å². The molecule has 17 heavy (non-hydrogen) atoms. The number of fused-ring (bicyclic) bond motifs is 1. The number of piperidine rings is 1. The Morgan fingerprint density at radius 1 is 1.47 bits per heavy atom. The van der Waals surface area contributed by atoms with Gasteiger partial charge in [0, 0.05) is 31.0 Å². The third kappa shape index (κ3) is 1.74. The van der Waals surface area contributed by atoms with Crippen molar-refractivity contribution in [1.82, 2.24) is 19.6 Å². The number of aromatic nitrogens is 4. The first-order valence-corrected chi connectivity index (χ1v) is 5.92. The van der Waals surface area contributed by atoms with E-state index in [1.54, 1.807) is 12.5 Å². The number of hydrogen-bond donors (Lipinski definition) is 1. The molecule has 1 fully saturated rings. The Balaban J connectivity index is 2.00. The predicted octanol–water partition coefficient (Wildman–Crippen LogP) is 0.440. The molecule has 3 heterocycles. The average molecular weight is 232 g/mol. The zero-order chi connectivity index (χ0) is 11.8. The zero-order valence-corrected chi connectivity index (χ0v) is 9.82. The molecule has 2 N–H and O–H groups in total. The monoisotopic (exact) mass is 232 g/mol. The largest absolute Gasteiger partial charge is 0.351 e. The van der Waals surface area contributed by atoms with Gasteiger partial charge < -0.3 is 10.6 Å². The average Bonchev–Trinajstić information content (AvgIpc) is 2.77. The molecular formula is C11H16N6. The van der Waals surface area contributed by atoms with E-state index in [4.69, 9.17) is 5.73 Å². The molecule has 0 aromatic carbocycles. The quantitative estimate of drug-likeness (QED) is 0.772. The number of rotatable bonds is 1. The lowest BCUT2D eigenvalue weighted by Gasteiger charge is -2.37. The minimum atomic E-state index is 0.304. The van der Waals surface area contributed by atoms with Crippen LogP contribution in [0.4, 0.5) is 5.82 Å². The molecule has 1 aliphatic rings. The van der Waals surface area contributed by atoms with Crippen molar-refractivity contribution >= 4 is 11.5 Å². The highest BCUT2D eigenvalue weighted by atomic mass is 15.3. The van der Waals surface area contributed by atoms with Gasteiger partial charge in [0.1, 0.15) is 6.33 Å². The second-order valence-electron chi connectivity index (χ2n) is 4.64. The zero-order valence-electron chi connectivity index (χ0n) is 9.82. The molecule has 0 radical (unpaired) electrons. The van der Waals surface area contributed by atoms with E-state index in [0.717, 1.165) is 30.9 Å². The highest BCUT2D eigenvalue weighted by Crippen LogP contribution is 2.24. The van der Waals surface area contributed by atoms with Crippen molar-refractivity contribution in [1.29, 1.82) is 0 Å². The summed E-state index contributed by atoms with van der Waals surface area (Å²) in [5.41, 5.74) is 6.79. The van der Waals surface area contributed by atoms with Crippen LogP contribution in [0.5, 0.6) is 0 Å². The fourth-order valence-corrected chi connectivity index (χ4v) is 2.47. The molecule has 6 heteroatoms. The first-order valence-electron chi connectivity index (χ1n) is 5.92. The van der Waals surface area contributed by atoms with E-state index in [1.165, 1.54) is 0 Å². The Labute approximate surface area is 99.5 Å². The Kier molecular flexibility index (Phi) is 2.44. The molecule has 3 rings (SSSR count). The van der Waals surface area contributed by atoms with Crippen molar-refractivity contribution in [2.45, 2.75) is 31.8 Å². The van der Waals surface area contributed by atoms with Gasteiger partial charge in [-0.25, -0.2) is 4.98 Å². The third-order valence-electron chi connectivity index (χ3n) is 3.39. The molecule has 0 amide bonds.